The van der Waals surface area contributed by atoms with E-state index in [4.69, 9.17) is 11.5 Å². The zero-order valence-corrected chi connectivity index (χ0v) is 16.9. The minimum atomic E-state index is -3.55. The lowest BCUT2D eigenvalue weighted by atomic mass is 9.95. The molecule has 0 bridgehead atoms. The minimum absolute atomic E-state index is 0.0225. The third-order valence-electron chi connectivity index (χ3n) is 4.08. The van der Waals surface area contributed by atoms with Crippen LogP contribution in [0.15, 0.2) is 47.6 Å². The molecule has 0 aliphatic rings. The van der Waals surface area contributed by atoms with E-state index < -0.39 is 23.1 Å². The molecule has 29 heavy (non-hydrogen) atoms. The molecule has 0 fully saturated rings. The lowest BCUT2D eigenvalue weighted by Gasteiger charge is -2.15. The summed E-state index contributed by atoms with van der Waals surface area (Å²) in [6.07, 6.45) is 2.53. The largest absolute Gasteiger partial charge is 0.404 e. The van der Waals surface area contributed by atoms with Crippen LogP contribution in [0.5, 0.6) is 0 Å². The Bertz CT molecular complexity index is 1100. The van der Waals surface area contributed by atoms with Crippen LogP contribution in [0.3, 0.4) is 0 Å². The first-order valence-electron chi connectivity index (χ1n) is 8.71. The van der Waals surface area contributed by atoms with E-state index in [0.717, 1.165) is 29.1 Å². The molecule has 9 heteroatoms. The standard InChI is InChI=1S/C20H20F3N5S/c1-19(2,3)14-10-13-16(29-14)17(27-15(25)8-9-24)28-18(26-13)20(22,23)11-4-6-12(21)7-5-11/h4-10H,24H2,1-3H3,(H2,25,26,27,28)/b9-8-. The number of aliphatic imine (C=N–C) groups is 1. The van der Waals surface area contributed by atoms with Gasteiger partial charge in [0.25, 0.3) is 0 Å². The van der Waals surface area contributed by atoms with Gasteiger partial charge < -0.3 is 11.5 Å². The van der Waals surface area contributed by atoms with Crippen molar-refractivity contribution in [3.05, 3.63) is 64.7 Å². The Morgan fingerprint density at radius 2 is 1.79 bits per heavy atom. The maximum Gasteiger partial charge on any atom is 0.331 e. The lowest BCUT2D eigenvalue weighted by Crippen LogP contribution is -2.19. The van der Waals surface area contributed by atoms with E-state index in [1.807, 2.05) is 20.8 Å². The van der Waals surface area contributed by atoms with Gasteiger partial charge in [-0.25, -0.2) is 19.4 Å². The Balaban J connectivity index is 2.25. The molecule has 0 aliphatic carbocycles. The van der Waals surface area contributed by atoms with Gasteiger partial charge in [0.2, 0.25) is 5.82 Å². The van der Waals surface area contributed by atoms with Crippen molar-refractivity contribution in [2.24, 2.45) is 16.5 Å². The Labute approximate surface area is 170 Å². The number of amidine groups is 1. The number of hydrogen-bond donors (Lipinski definition) is 2. The van der Waals surface area contributed by atoms with Gasteiger partial charge in [0.05, 0.1) is 10.2 Å². The summed E-state index contributed by atoms with van der Waals surface area (Å²) >= 11 is 1.37. The molecule has 2 heterocycles. The third kappa shape index (κ3) is 4.24. The van der Waals surface area contributed by atoms with Crippen molar-refractivity contribution in [3.63, 3.8) is 0 Å². The van der Waals surface area contributed by atoms with Gasteiger partial charge in [0.1, 0.15) is 11.7 Å². The molecule has 3 aromatic rings. The van der Waals surface area contributed by atoms with Crippen molar-refractivity contribution in [2.45, 2.75) is 32.1 Å². The number of alkyl halides is 2. The van der Waals surface area contributed by atoms with Crippen molar-refractivity contribution in [1.82, 2.24) is 9.97 Å². The van der Waals surface area contributed by atoms with Gasteiger partial charge in [0, 0.05) is 10.4 Å². The fourth-order valence-electron chi connectivity index (χ4n) is 2.55. The molecular formula is C20H20F3N5S. The van der Waals surface area contributed by atoms with E-state index in [-0.39, 0.29) is 17.1 Å². The van der Waals surface area contributed by atoms with Crippen LogP contribution in [0, 0.1) is 5.82 Å². The molecule has 0 saturated heterocycles. The minimum Gasteiger partial charge on any atom is -0.404 e. The molecule has 0 atom stereocenters. The molecule has 152 valence electrons. The highest BCUT2D eigenvalue weighted by Crippen LogP contribution is 2.41. The van der Waals surface area contributed by atoms with Gasteiger partial charge in [-0.05, 0) is 48.0 Å². The number of thiophene rings is 1. The van der Waals surface area contributed by atoms with E-state index in [1.54, 1.807) is 6.07 Å². The van der Waals surface area contributed by atoms with Crippen LogP contribution in [-0.4, -0.2) is 15.8 Å². The first kappa shape index (κ1) is 20.8. The number of fused-ring (bicyclic) bond motifs is 1. The third-order valence-corrected chi connectivity index (χ3v) is 5.63. The maximum atomic E-state index is 15.1. The summed E-state index contributed by atoms with van der Waals surface area (Å²) < 4.78 is 43.9. The normalized spacial score (nSPS) is 13.5. The van der Waals surface area contributed by atoms with Gasteiger partial charge in [-0.15, -0.1) is 11.3 Å². The second kappa shape index (κ2) is 7.47. The highest BCUT2D eigenvalue weighted by atomic mass is 32.1. The van der Waals surface area contributed by atoms with E-state index in [0.29, 0.717) is 10.2 Å². The van der Waals surface area contributed by atoms with Crippen LogP contribution in [0.2, 0.25) is 0 Å². The molecule has 0 spiro atoms. The van der Waals surface area contributed by atoms with Gasteiger partial charge >= 0.3 is 5.92 Å². The zero-order chi connectivity index (χ0) is 21.4. The number of nitrogens with zero attached hydrogens (tertiary/aromatic N) is 3. The number of rotatable bonds is 4. The van der Waals surface area contributed by atoms with Gasteiger partial charge in [-0.2, -0.15) is 8.78 Å². The Kier molecular flexibility index (Phi) is 5.36. The molecule has 3 rings (SSSR count). The molecule has 0 unspecified atom stereocenters. The first-order valence-corrected chi connectivity index (χ1v) is 9.53. The number of nitrogens with two attached hydrogens (primary N) is 2. The zero-order valence-electron chi connectivity index (χ0n) is 16.1. The number of aromatic nitrogens is 2. The van der Waals surface area contributed by atoms with Crippen LogP contribution in [-0.2, 0) is 11.3 Å². The quantitative estimate of drug-likeness (QED) is 0.473. The van der Waals surface area contributed by atoms with Crippen LogP contribution in [0.1, 0.15) is 37.0 Å². The number of benzene rings is 1. The Hall–Kier alpha value is -2.94. The summed E-state index contributed by atoms with van der Waals surface area (Å²) in [6, 6.07) is 5.69. The molecule has 1 aromatic carbocycles. The predicted molar refractivity (Wildman–Crippen MR) is 110 cm³/mol. The Morgan fingerprint density at radius 1 is 1.14 bits per heavy atom. The molecular weight excluding hydrogens is 399 g/mol. The lowest BCUT2D eigenvalue weighted by molar-refractivity contribution is 0.0332. The first-order chi connectivity index (χ1) is 13.5. The summed E-state index contributed by atoms with van der Waals surface area (Å²) in [6.45, 7) is 6.02. The number of hydrogen-bond acceptors (Lipinski definition) is 5. The highest BCUT2D eigenvalue weighted by Gasteiger charge is 2.38. The molecule has 4 N–H and O–H groups in total. The summed E-state index contributed by atoms with van der Waals surface area (Å²) in [4.78, 5) is 13.2. The molecule has 0 saturated carbocycles. The van der Waals surface area contributed by atoms with Crippen molar-refractivity contribution in [2.75, 3.05) is 0 Å². The number of halogens is 3. The van der Waals surface area contributed by atoms with E-state index in [1.165, 1.54) is 23.6 Å². The topological polar surface area (TPSA) is 90.2 Å². The van der Waals surface area contributed by atoms with Crippen LogP contribution < -0.4 is 11.5 Å². The van der Waals surface area contributed by atoms with E-state index in [9.17, 15) is 4.39 Å². The SMILES string of the molecule is CC(C)(C)c1cc2nc(C(F)(F)c3ccc(F)cc3)nc(N=C(N)/C=C\N)c2s1. The summed E-state index contributed by atoms with van der Waals surface area (Å²) in [7, 11) is 0. The molecule has 0 amide bonds. The van der Waals surface area contributed by atoms with Gasteiger partial charge in [0.15, 0.2) is 5.82 Å². The van der Waals surface area contributed by atoms with Crippen molar-refractivity contribution >= 4 is 33.2 Å². The van der Waals surface area contributed by atoms with Crippen molar-refractivity contribution in [3.8, 4) is 0 Å². The smallest absolute Gasteiger partial charge is 0.331 e. The predicted octanol–water partition coefficient (Wildman–Crippen LogP) is 4.73. The molecule has 2 aromatic heterocycles. The average Bonchev–Trinajstić information content (AvgIpc) is 3.07. The average molecular weight is 419 g/mol. The summed E-state index contributed by atoms with van der Waals surface area (Å²) in [5.74, 6) is -4.84. The summed E-state index contributed by atoms with van der Waals surface area (Å²) in [5, 5.41) is 0. The monoisotopic (exact) mass is 419 g/mol. The van der Waals surface area contributed by atoms with Gasteiger partial charge in [-0.3, -0.25) is 0 Å². The maximum absolute atomic E-state index is 15.1. The van der Waals surface area contributed by atoms with E-state index >= 15 is 8.78 Å². The van der Waals surface area contributed by atoms with Crippen LogP contribution in [0.25, 0.3) is 10.2 Å². The molecule has 5 nitrogen and oxygen atoms in total. The van der Waals surface area contributed by atoms with Crippen molar-refractivity contribution < 1.29 is 13.2 Å². The second-order valence-corrected chi connectivity index (χ2v) is 8.48. The van der Waals surface area contributed by atoms with Crippen LogP contribution >= 0.6 is 11.3 Å². The van der Waals surface area contributed by atoms with E-state index in [2.05, 4.69) is 15.0 Å². The Morgan fingerprint density at radius 3 is 2.38 bits per heavy atom. The fourth-order valence-corrected chi connectivity index (χ4v) is 3.64. The van der Waals surface area contributed by atoms with Crippen molar-refractivity contribution in [1.29, 1.82) is 0 Å². The second-order valence-electron chi connectivity index (χ2n) is 7.42. The molecule has 0 aliphatic heterocycles. The summed E-state index contributed by atoms with van der Waals surface area (Å²) in [5.41, 5.74) is 10.8. The highest BCUT2D eigenvalue weighted by molar-refractivity contribution is 7.19. The fraction of sp³-hybridized carbons (Fsp3) is 0.250. The van der Waals surface area contributed by atoms with Gasteiger partial charge in [-0.1, -0.05) is 20.8 Å². The molecule has 0 radical (unpaired) electrons. The van der Waals surface area contributed by atoms with Crippen LogP contribution in [0.4, 0.5) is 19.0 Å².